The van der Waals surface area contributed by atoms with Crippen LogP contribution in [0.25, 0.3) is 16.6 Å². The molecule has 0 saturated carbocycles. The van der Waals surface area contributed by atoms with Crippen LogP contribution in [0.2, 0.25) is 5.02 Å². The van der Waals surface area contributed by atoms with Crippen LogP contribution in [-0.4, -0.2) is 15.8 Å². The molecule has 0 radical (unpaired) electrons. The topological polar surface area (TPSA) is 43.8 Å². The molecule has 2 N–H and O–H groups in total. The van der Waals surface area contributed by atoms with E-state index in [1.54, 1.807) is 0 Å². The van der Waals surface area contributed by atoms with Crippen molar-refractivity contribution in [1.82, 2.24) is 9.78 Å². The molecule has 0 spiro atoms. The Balaban J connectivity index is 2.23. The Kier molecular flexibility index (Phi) is 3.47. The van der Waals surface area contributed by atoms with Crippen molar-refractivity contribution in [2.45, 2.75) is 19.4 Å². The SMILES string of the molecule is CC(N)Cc1cccc(Cl)c1-n1ncc2ccccc21. The second kappa shape index (κ2) is 5.27. The first-order valence-corrected chi connectivity index (χ1v) is 7.00. The van der Waals surface area contributed by atoms with Gasteiger partial charge in [-0.25, -0.2) is 4.68 Å². The molecule has 0 aliphatic rings. The molecule has 0 aliphatic heterocycles. The first kappa shape index (κ1) is 13.2. The quantitative estimate of drug-likeness (QED) is 0.799. The van der Waals surface area contributed by atoms with Crippen molar-refractivity contribution >= 4 is 22.5 Å². The average molecular weight is 286 g/mol. The Morgan fingerprint density at radius 3 is 2.80 bits per heavy atom. The van der Waals surface area contributed by atoms with Crippen molar-refractivity contribution in [3.63, 3.8) is 0 Å². The molecule has 1 heterocycles. The number of nitrogens with two attached hydrogens (primary N) is 1. The third kappa shape index (κ3) is 2.30. The fourth-order valence-electron chi connectivity index (χ4n) is 2.46. The zero-order chi connectivity index (χ0) is 14.1. The van der Waals surface area contributed by atoms with Gasteiger partial charge in [0.1, 0.15) is 0 Å². The van der Waals surface area contributed by atoms with E-state index in [0.29, 0.717) is 5.02 Å². The van der Waals surface area contributed by atoms with Gasteiger partial charge in [-0.05, 0) is 31.0 Å². The van der Waals surface area contributed by atoms with Crippen LogP contribution in [0.5, 0.6) is 0 Å². The van der Waals surface area contributed by atoms with E-state index in [1.807, 2.05) is 54.2 Å². The van der Waals surface area contributed by atoms with Crippen molar-refractivity contribution in [2.75, 3.05) is 0 Å². The number of para-hydroxylation sites is 2. The third-order valence-corrected chi connectivity index (χ3v) is 3.61. The predicted molar refractivity (Wildman–Crippen MR) is 83.4 cm³/mol. The van der Waals surface area contributed by atoms with Gasteiger partial charge in [0.2, 0.25) is 0 Å². The predicted octanol–water partition coefficient (Wildman–Crippen LogP) is 3.57. The van der Waals surface area contributed by atoms with E-state index in [4.69, 9.17) is 17.3 Å². The molecule has 0 bridgehead atoms. The lowest BCUT2D eigenvalue weighted by Gasteiger charge is -2.14. The van der Waals surface area contributed by atoms with Gasteiger partial charge in [-0.2, -0.15) is 5.10 Å². The van der Waals surface area contributed by atoms with E-state index < -0.39 is 0 Å². The lowest BCUT2D eigenvalue weighted by molar-refractivity contribution is 0.730. The molecule has 1 unspecified atom stereocenters. The number of nitrogens with zero attached hydrogens (tertiary/aromatic N) is 2. The second-order valence-electron chi connectivity index (χ2n) is 5.04. The summed E-state index contributed by atoms with van der Waals surface area (Å²) in [4.78, 5) is 0. The normalized spacial score (nSPS) is 12.8. The minimum atomic E-state index is 0.0778. The van der Waals surface area contributed by atoms with Crippen LogP contribution in [-0.2, 0) is 6.42 Å². The monoisotopic (exact) mass is 285 g/mol. The third-order valence-electron chi connectivity index (χ3n) is 3.30. The summed E-state index contributed by atoms with van der Waals surface area (Å²) in [6, 6.07) is 14.1. The minimum absolute atomic E-state index is 0.0778. The Labute approximate surface area is 123 Å². The van der Waals surface area contributed by atoms with Gasteiger partial charge in [0, 0.05) is 11.4 Å². The highest BCUT2D eigenvalue weighted by atomic mass is 35.5. The Hall–Kier alpha value is -1.84. The largest absolute Gasteiger partial charge is 0.328 e. The summed E-state index contributed by atoms with van der Waals surface area (Å²) in [6.07, 6.45) is 2.62. The summed E-state index contributed by atoms with van der Waals surface area (Å²) < 4.78 is 1.90. The first-order valence-electron chi connectivity index (χ1n) is 6.63. The summed E-state index contributed by atoms with van der Waals surface area (Å²) in [5.74, 6) is 0. The maximum absolute atomic E-state index is 6.40. The highest BCUT2D eigenvalue weighted by molar-refractivity contribution is 6.32. The van der Waals surface area contributed by atoms with Gasteiger partial charge in [0.25, 0.3) is 0 Å². The Bertz CT molecular complexity index is 746. The van der Waals surface area contributed by atoms with E-state index in [0.717, 1.165) is 28.6 Å². The molecule has 0 amide bonds. The number of fused-ring (bicyclic) bond motifs is 1. The highest BCUT2D eigenvalue weighted by Gasteiger charge is 2.13. The smallest absolute Gasteiger partial charge is 0.0871 e. The molecule has 3 rings (SSSR count). The Morgan fingerprint density at radius 1 is 1.20 bits per heavy atom. The molecule has 20 heavy (non-hydrogen) atoms. The van der Waals surface area contributed by atoms with E-state index in [9.17, 15) is 0 Å². The van der Waals surface area contributed by atoms with Crippen molar-refractivity contribution in [2.24, 2.45) is 5.73 Å². The molecule has 3 aromatic rings. The minimum Gasteiger partial charge on any atom is -0.328 e. The van der Waals surface area contributed by atoms with Gasteiger partial charge in [0.15, 0.2) is 0 Å². The molecule has 0 fully saturated rings. The van der Waals surface area contributed by atoms with Gasteiger partial charge in [-0.1, -0.05) is 41.9 Å². The highest BCUT2D eigenvalue weighted by Crippen LogP contribution is 2.28. The lowest BCUT2D eigenvalue weighted by atomic mass is 10.1. The molecule has 0 aliphatic carbocycles. The van der Waals surface area contributed by atoms with E-state index in [2.05, 4.69) is 11.2 Å². The zero-order valence-corrected chi connectivity index (χ0v) is 12.0. The van der Waals surface area contributed by atoms with E-state index >= 15 is 0 Å². The van der Waals surface area contributed by atoms with Crippen molar-refractivity contribution in [3.05, 3.63) is 59.2 Å². The van der Waals surface area contributed by atoms with Gasteiger partial charge in [-0.3, -0.25) is 0 Å². The fraction of sp³-hybridized carbons (Fsp3) is 0.188. The van der Waals surface area contributed by atoms with Gasteiger partial charge < -0.3 is 5.73 Å². The molecule has 2 aromatic carbocycles. The maximum atomic E-state index is 6.40. The number of benzene rings is 2. The van der Waals surface area contributed by atoms with Gasteiger partial charge in [-0.15, -0.1) is 0 Å². The molecule has 4 heteroatoms. The summed E-state index contributed by atoms with van der Waals surface area (Å²) in [6.45, 7) is 1.99. The standard InChI is InChI=1S/C16H16ClN3/c1-11(18)9-12-6-4-7-14(17)16(12)20-15-8-3-2-5-13(15)10-19-20/h2-8,10-11H,9,18H2,1H3. The van der Waals surface area contributed by atoms with Crippen LogP contribution in [0.1, 0.15) is 12.5 Å². The number of halogens is 1. The molecule has 1 aromatic heterocycles. The maximum Gasteiger partial charge on any atom is 0.0871 e. The van der Waals surface area contributed by atoms with Gasteiger partial charge in [0.05, 0.1) is 22.4 Å². The summed E-state index contributed by atoms with van der Waals surface area (Å²) in [5, 5.41) is 6.27. The molecule has 0 saturated heterocycles. The van der Waals surface area contributed by atoms with Gasteiger partial charge >= 0.3 is 0 Å². The van der Waals surface area contributed by atoms with Crippen molar-refractivity contribution in [1.29, 1.82) is 0 Å². The van der Waals surface area contributed by atoms with Crippen LogP contribution in [0.3, 0.4) is 0 Å². The number of rotatable bonds is 3. The summed E-state index contributed by atoms with van der Waals surface area (Å²) >= 11 is 6.40. The van der Waals surface area contributed by atoms with E-state index in [-0.39, 0.29) is 6.04 Å². The van der Waals surface area contributed by atoms with Crippen LogP contribution >= 0.6 is 11.6 Å². The van der Waals surface area contributed by atoms with Crippen LogP contribution < -0.4 is 5.73 Å². The number of hydrogen-bond acceptors (Lipinski definition) is 2. The summed E-state index contributed by atoms with van der Waals surface area (Å²) in [5.41, 5.74) is 9.02. The van der Waals surface area contributed by atoms with Crippen LogP contribution in [0, 0.1) is 0 Å². The summed E-state index contributed by atoms with van der Waals surface area (Å²) in [7, 11) is 0. The molecular formula is C16H16ClN3. The lowest BCUT2D eigenvalue weighted by Crippen LogP contribution is -2.19. The van der Waals surface area contributed by atoms with Crippen molar-refractivity contribution in [3.8, 4) is 5.69 Å². The molecule has 102 valence electrons. The van der Waals surface area contributed by atoms with Crippen molar-refractivity contribution < 1.29 is 0 Å². The molecule has 1 atom stereocenters. The Morgan fingerprint density at radius 2 is 2.00 bits per heavy atom. The van der Waals surface area contributed by atoms with E-state index in [1.165, 1.54) is 0 Å². The van der Waals surface area contributed by atoms with Crippen LogP contribution in [0.4, 0.5) is 0 Å². The molecular weight excluding hydrogens is 270 g/mol. The van der Waals surface area contributed by atoms with Crippen LogP contribution in [0.15, 0.2) is 48.7 Å². The zero-order valence-electron chi connectivity index (χ0n) is 11.3. The fourth-order valence-corrected chi connectivity index (χ4v) is 2.73. The number of aromatic nitrogens is 2. The molecule has 3 nitrogen and oxygen atoms in total. The second-order valence-corrected chi connectivity index (χ2v) is 5.45. The first-order chi connectivity index (χ1) is 9.66. The number of hydrogen-bond donors (Lipinski definition) is 1. The average Bonchev–Trinajstić information content (AvgIpc) is 2.82.